The summed E-state index contributed by atoms with van der Waals surface area (Å²) in [5, 5.41) is 0. The molecule has 0 aliphatic carbocycles. The second kappa shape index (κ2) is 10.7. The summed E-state index contributed by atoms with van der Waals surface area (Å²) in [7, 11) is 0. The maximum Gasteiger partial charge on any atom is 0.0412 e. The van der Waals surface area contributed by atoms with Crippen LogP contribution in [0, 0.1) is 6.92 Å². The summed E-state index contributed by atoms with van der Waals surface area (Å²) in [5.41, 5.74) is 6.34. The Morgan fingerprint density at radius 2 is 0.897 bits per heavy atom. The standard InChI is InChI=1S/C27H34N2/c1-4-6-21-28(24-11-9-8-10-12-24)26-17-19-27(20-18-26)29(22-7-5-2)25-15-13-23(3)14-16-25/h8-20H,4-7,21-22H2,1-3H3. The lowest BCUT2D eigenvalue weighted by molar-refractivity contribution is 0.782. The molecular formula is C27H34N2. The predicted molar refractivity (Wildman–Crippen MR) is 128 cm³/mol. The lowest BCUT2D eigenvalue weighted by Crippen LogP contribution is -2.20. The van der Waals surface area contributed by atoms with Gasteiger partial charge in [-0.15, -0.1) is 0 Å². The fourth-order valence-corrected chi connectivity index (χ4v) is 3.59. The van der Waals surface area contributed by atoms with Crippen molar-refractivity contribution in [1.82, 2.24) is 0 Å². The highest BCUT2D eigenvalue weighted by molar-refractivity contribution is 5.69. The van der Waals surface area contributed by atoms with Crippen LogP contribution in [-0.2, 0) is 0 Å². The van der Waals surface area contributed by atoms with E-state index in [1.165, 1.54) is 54.0 Å². The SMILES string of the molecule is CCCCN(c1ccccc1)c1ccc(N(CCCC)c2ccc(C)cc2)cc1. The van der Waals surface area contributed by atoms with Crippen LogP contribution in [0.1, 0.15) is 45.1 Å². The first-order valence-electron chi connectivity index (χ1n) is 11.0. The number of anilines is 4. The molecule has 0 heterocycles. The van der Waals surface area contributed by atoms with Crippen molar-refractivity contribution in [2.24, 2.45) is 0 Å². The zero-order valence-corrected chi connectivity index (χ0v) is 18.1. The Kier molecular flexibility index (Phi) is 7.75. The van der Waals surface area contributed by atoms with E-state index < -0.39 is 0 Å². The molecule has 0 aromatic heterocycles. The van der Waals surface area contributed by atoms with E-state index in [1.807, 2.05) is 0 Å². The van der Waals surface area contributed by atoms with Crippen molar-refractivity contribution in [2.75, 3.05) is 22.9 Å². The Balaban J connectivity index is 1.87. The van der Waals surface area contributed by atoms with Crippen LogP contribution in [-0.4, -0.2) is 13.1 Å². The Morgan fingerprint density at radius 3 is 1.31 bits per heavy atom. The van der Waals surface area contributed by atoms with Crippen molar-refractivity contribution in [3.63, 3.8) is 0 Å². The molecule has 0 aliphatic heterocycles. The minimum absolute atomic E-state index is 1.04. The molecule has 3 aromatic rings. The molecule has 3 rings (SSSR count). The van der Waals surface area contributed by atoms with Crippen LogP contribution in [0.5, 0.6) is 0 Å². The minimum Gasteiger partial charge on any atom is -0.341 e. The van der Waals surface area contributed by atoms with Gasteiger partial charge in [0.1, 0.15) is 0 Å². The average Bonchev–Trinajstić information content (AvgIpc) is 2.77. The molecule has 3 aromatic carbocycles. The van der Waals surface area contributed by atoms with Crippen molar-refractivity contribution in [1.29, 1.82) is 0 Å². The number of benzene rings is 3. The van der Waals surface area contributed by atoms with Crippen molar-refractivity contribution < 1.29 is 0 Å². The quantitative estimate of drug-likeness (QED) is 0.350. The average molecular weight is 387 g/mol. The van der Waals surface area contributed by atoms with E-state index in [1.54, 1.807) is 0 Å². The van der Waals surface area contributed by atoms with E-state index in [0.717, 1.165) is 13.1 Å². The highest BCUT2D eigenvalue weighted by Gasteiger charge is 2.12. The summed E-state index contributed by atoms with van der Waals surface area (Å²) in [4.78, 5) is 4.86. The first kappa shape index (κ1) is 21.0. The minimum atomic E-state index is 1.04. The smallest absolute Gasteiger partial charge is 0.0412 e. The number of hydrogen-bond donors (Lipinski definition) is 0. The molecule has 0 spiro atoms. The molecule has 152 valence electrons. The van der Waals surface area contributed by atoms with Gasteiger partial charge in [-0.2, -0.15) is 0 Å². The van der Waals surface area contributed by atoms with E-state index in [0.29, 0.717) is 0 Å². The number of hydrogen-bond acceptors (Lipinski definition) is 2. The summed E-state index contributed by atoms with van der Waals surface area (Å²) in [6.07, 6.45) is 4.75. The number of rotatable bonds is 10. The molecule has 0 aliphatic rings. The number of nitrogens with zero attached hydrogens (tertiary/aromatic N) is 2. The van der Waals surface area contributed by atoms with Crippen LogP contribution in [0.3, 0.4) is 0 Å². The molecule has 0 bridgehead atoms. The summed E-state index contributed by atoms with van der Waals surface area (Å²) in [5.74, 6) is 0. The van der Waals surface area contributed by atoms with E-state index in [4.69, 9.17) is 0 Å². The first-order chi connectivity index (χ1) is 14.2. The number of para-hydroxylation sites is 1. The van der Waals surface area contributed by atoms with Gasteiger partial charge in [0.25, 0.3) is 0 Å². The third-order valence-electron chi connectivity index (χ3n) is 5.36. The van der Waals surface area contributed by atoms with Gasteiger partial charge in [-0.05, 0) is 68.3 Å². The molecule has 0 radical (unpaired) electrons. The van der Waals surface area contributed by atoms with Gasteiger partial charge < -0.3 is 9.80 Å². The predicted octanol–water partition coefficient (Wildman–Crippen LogP) is 7.87. The largest absolute Gasteiger partial charge is 0.341 e. The van der Waals surface area contributed by atoms with Crippen molar-refractivity contribution >= 4 is 22.7 Å². The summed E-state index contributed by atoms with van der Waals surface area (Å²) in [6, 6.07) is 28.7. The second-order valence-electron chi connectivity index (χ2n) is 7.70. The topological polar surface area (TPSA) is 6.48 Å². The third kappa shape index (κ3) is 5.63. The molecule has 2 nitrogen and oxygen atoms in total. The third-order valence-corrected chi connectivity index (χ3v) is 5.36. The fraction of sp³-hybridized carbons (Fsp3) is 0.333. The zero-order chi connectivity index (χ0) is 20.5. The lowest BCUT2D eigenvalue weighted by Gasteiger charge is -2.28. The Morgan fingerprint density at radius 1 is 0.517 bits per heavy atom. The number of aryl methyl sites for hydroxylation is 1. The van der Waals surface area contributed by atoms with Crippen molar-refractivity contribution in [3.05, 3.63) is 84.4 Å². The van der Waals surface area contributed by atoms with Gasteiger partial charge >= 0.3 is 0 Å². The van der Waals surface area contributed by atoms with Gasteiger partial charge in [0.05, 0.1) is 0 Å². The maximum absolute atomic E-state index is 2.44. The summed E-state index contributed by atoms with van der Waals surface area (Å²) in [6.45, 7) is 8.72. The zero-order valence-electron chi connectivity index (χ0n) is 18.1. The van der Waals surface area contributed by atoms with E-state index in [-0.39, 0.29) is 0 Å². The molecule has 0 saturated heterocycles. The van der Waals surface area contributed by atoms with Crippen LogP contribution in [0.4, 0.5) is 22.7 Å². The molecule has 0 unspecified atom stereocenters. The summed E-state index contributed by atoms with van der Waals surface area (Å²) >= 11 is 0. The molecule has 2 heteroatoms. The van der Waals surface area contributed by atoms with Crippen LogP contribution >= 0.6 is 0 Å². The highest BCUT2D eigenvalue weighted by Crippen LogP contribution is 2.31. The van der Waals surface area contributed by atoms with Gasteiger partial charge in [-0.3, -0.25) is 0 Å². The van der Waals surface area contributed by atoms with Gasteiger partial charge in [-0.25, -0.2) is 0 Å². The van der Waals surface area contributed by atoms with Gasteiger partial charge in [-0.1, -0.05) is 62.6 Å². The first-order valence-corrected chi connectivity index (χ1v) is 11.0. The van der Waals surface area contributed by atoms with Crippen molar-refractivity contribution in [2.45, 2.75) is 46.5 Å². The fourth-order valence-electron chi connectivity index (χ4n) is 3.59. The molecule has 0 fully saturated rings. The van der Waals surface area contributed by atoms with Gasteiger partial charge in [0.2, 0.25) is 0 Å². The van der Waals surface area contributed by atoms with E-state index in [2.05, 4.69) is 109 Å². The Bertz CT molecular complexity index is 838. The molecule has 0 amide bonds. The van der Waals surface area contributed by atoms with Gasteiger partial charge in [0.15, 0.2) is 0 Å². The van der Waals surface area contributed by atoms with Crippen LogP contribution < -0.4 is 9.80 Å². The van der Waals surface area contributed by atoms with E-state index >= 15 is 0 Å². The molecule has 29 heavy (non-hydrogen) atoms. The van der Waals surface area contributed by atoms with Crippen molar-refractivity contribution in [3.8, 4) is 0 Å². The second-order valence-corrected chi connectivity index (χ2v) is 7.70. The number of unbranched alkanes of at least 4 members (excludes halogenated alkanes) is 2. The maximum atomic E-state index is 2.44. The molecule has 0 N–H and O–H groups in total. The van der Waals surface area contributed by atoms with Crippen LogP contribution in [0.2, 0.25) is 0 Å². The monoisotopic (exact) mass is 386 g/mol. The Hall–Kier alpha value is -2.74. The van der Waals surface area contributed by atoms with Crippen LogP contribution in [0.25, 0.3) is 0 Å². The van der Waals surface area contributed by atoms with E-state index in [9.17, 15) is 0 Å². The Labute approximate surface area is 176 Å². The molecule has 0 atom stereocenters. The molecule has 0 saturated carbocycles. The van der Waals surface area contributed by atoms with Crippen LogP contribution in [0.15, 0.2) is 78.9 Å². The summed E-state index contributed by atoms with van der Waals surface area (Å²) < 4.78 is 0. The molecular weight excluding hydrogens is 352 g/mol. The highest BCUT2D eigenvalue weighted by atomic mass is 15.1. The lowest BCUT2D eigenvalue weighted by atomic mass is 10.1. The normalized spacial score (nSPS) is 10.7. The van der Waals surface area contributed by atoms with Gasteiger partial charge in [0, 0.05) is 35.8 Å².